The number of piperidine rings is 1. The second-order valence-corrected chi connectivity index (χ2v) is 12.8. The largest absolute Gasteiger partial charge is 0.416 e. The number of aryl methyl sites for hydroxylation is 1. The molecule has 2 aliphatic rings. The lowest BCUT2D eigenvalue weighted by Gasteiger charge is -2.46. The van der Waals surface area contributed by atoms with Crippen LogP contribution in [-0.2, 0) is 27.0 Å². The van der Waals surface area contributed by atoms with E-state index in [1.54, 1.807) is 13.0 Å². The highest BCUT2D eigenvalue weighted by atomic mass is 32.2. The first-order valence-electron chi connectivity index (χ1n) is 12.6. The highest BCUT2D eigenvalue weighted by Crippen LogP contribution is 2.41. The summed E-state index contributed by atoms with van der Waals surface area (Å²) in [5, 5.41) is 0. The van der Waals surface area contributed by atoms with Crippen molar-refractivity contribution < 1.29 is 43.9 Å². The van der Waals surface area contributed by atoms with Crippen LogP contribution in [0.15, 0.2) is 36.4 Å². The van der Waals surface area contributed by atoms with Crippen molar-refractivity contribution in [1.29, 1.82) is 0 Å². The number of likely N-dealkylation sites (tertiary alicyclic amines) is 1. The van der Waals surface area contributed by atoms with Crippen LogP contribution in [0.25, 0.3) is 0 Å². The molecule has 220 valence electrons. The van der Waals surface area contributed by atoms with Crippen LogP contribution in [0.3, 0.4) is 0 Å². The van der Waals surface area contributed by atoms with E-state index in [2.05, 4.69) is 0 Å². The summed E-state index contributed by atoms with van der Waals surface area (Å²) in [5.74, 6) is -2.17. The maximum atomic E-state index is 13.9. The highest BCUT2D eigenvalue weighted by molar-refractivity contribution is 7.92. The van der Waals surface area contributed by atoms with E-state index in [1.807, 2.05) is 4.90 Å². The van der Waals surface area contributed by atoms with Crippen LogP contribution < -0.4 is 0 Å². The topological polar surface area (TPSA) is 57.7 Å². The Hall–Kier alpha value is -2.67. The van der Waals surface area contributed by atoms with Gasteiger partial charge >= 0.3 is 12.4 Å². The summed E-state index contributed by atoms with van der Waals surface area (Å²) in [6.45, 7) is 3.73. The number of nitrogens with zero attached hydrogens (tertiary/aromatic N) is 2. The number of rotatable bonds is 5. The van der Waals surface area contributed by atoms with Crippen LogP contribution in [0.2, 0.25) is 0 Å². The molecule has 5 nitrogen and oxygen atoms in total. The predicted molar refractivity (Wildman–Crippen MR) is 134 cm³/mol. The van der Waals surface area contributed by atoms with Crippen LogP contribution in [-0.4, -0.2) is 61.8 Å². The number of benzene rings is 2. The third-order valence-electron chi connectivity index (χ3n) is 8.02. The molecule has 2 heterocycles. The Morgan fingerprint density at radius 2 is 1.57 bits per heavy atom. The van der Waals surface area contributed by atoms with Crippen molar-refractivity contribution in [3.05, 3.63) is 70.0 Å². The molecule has 0 spiro atoms. The lowest BCUT2D eigenvalue weighted by atomic mass is 9.77. The van der Waals surface area contributed by atoms with Gasteiger partial charge in [-0.2, -0.15) is 26.3 Å². The van der Waals surface area contributed by atoms with Crippen molar-refractivity contribution in [2.75, 3.05) is 31.6 Å². The van der Waals surface area contributed by atoms with Gasteiger partial charge in [0.1, 0.15) is 5.82 Å². The molecule has 0 saturated carbocycles. The summed E-state index contributed by atoms with van der Waals surface area (Å²) in [7, 11) is -1.78. The first kappa shape index (κ1) is 30.3. The van der Waals surface area contributed by atoms with Gasteiger partial charge in [-0.3, -0.25) is 9.69 Å². The van der Waals surface area contributed by atoms with E-state index in [-0.39, 0.29) is 35.6 Å². The minimum Gasteiger partial charge on any atom is -0.339 e. The number of amides is 1. The van der Waals surface area contributed by atoms with E-state index in [1.165, 1.54) is 26.1 Å². The van der Waals surface area contributed by atoms with Crippen molar-refractivity contribution in [3.8, 4) is 0 Å². The van der Waals surface area contributed by atoms with Gasteiger partial charge in [0.25, 0.3) is 0 Å². The quantitative estimate of drug-likeness (QED) is 0.424. The molecule has 40 heavy (non-hydrogen) atoms. The Morgan fingerprint density at radius 3 is 2.08 bits per heavy atom. The molecule has 0 unspecified atom stereocenters. The Labute approximate surface area is 227 Å². The predicted octanol–water partition coefficient (Wildman–Crippen LogP) is 5.59. The zero-order valence-electron chi connectivity index (χ0n) is 22.0. The molecule has 1 amide bonds. The molecule has 2 fully saturated rings. The van der Waals surface area contributed by atoms with Gasteiger partial charge in [-0.15, -0.1) is 0 Å². The lowest BCUT2D eigenvalue weighted by Crippen LogP contribution is -2.57. The van der Waals surface area contributed by atoms with Crippen molar-refractivity contribution in [2.45, 2.75) is 50.6 Å². The molecular weight excluding hydrogens is 565 g/mol. The van der Waals surface area contributed by atoms with Crippen molar-refractivity contribution in [1.82, 2.24) is 9.80 Å². The average molecular weight is 595 g/mol. The van der Waals surface area contributed by atoms with E-state index in [0.29, 0.717) is 36.3 Å². The first-order valence-corrected chi connectivity index (χ1v) is 14.5. The van der Waals surface area contributed by atoms with Gasteiger partial charge in [-0.05, 0) is 73.8 Å². The SMILES string of the molecule is Cc1cc(F)ccc1[C@H]1CN(C2CS(=O)(=O)C2)CC[C@@H]1C(=O)N(C)[C@H](C)c1cc(C(F)(F)F)cc(C(F)(F)F)c1. The lowest BCUT2D eigenvalue weighted by molar-refractivity contribution is -0.143. The van der Waals surface area contributed by atoms with Gasteiger partial charge in [0.2, 0.25) is 5.91 Å². The first-order chi connectivity index (χ1) is 18.4. The van der Waals surface area contributed by atoms with E-state index in [0.717, 1.165) is 4.90 Å². The third kappa shape index (κ3) is 6.29. The molecule has 0 radical (unpaired) electrons. The molecule has 2 aliphatic heterocycles. The zero-order valence-corrected chi connectivity index (χ0v) is 22.8. The summed E-state index contributed by atoms with van der Waals surface area (Å²) in [6.07, 6.45) is -9.76. The number of hydrogen-bond donors (Lipinski definition) is 0. The van der Waals surface area contributed by atoms with Gasteiger partial charge in [0.05, 0.1) is 28.7 Å². The van der Waals surface area contributed by atoms with Crippen LogP contribution >= 0.6 is 0 Å². The number of halogens is 7. The van der Waals surface area contributed by atoms with Gasteiger partial charge < -0.3 is 4.90 Å². The summed E-state index contributed by atoms with van der Waals surface area (Å²) in [4.78, 5) is 16.9. The van der Waals surface area contributed by atoms with E-state index in [4.69, 9.17) is 0 Å². The number of sulfone groups is 1. The zero-order chi connectivity index (χ0) is 29.8. The second-order valence-electron chi connectivity index (χ2n) is 10.7. The minimum atomic E-state index is -5.02. The molecule has 13 heteroatoms. The van der Waals surface area contributed by atoms with Gasteiger partial charge in [0, 0.05) is 31.5 Å². The molecule has 3 atom stereocenters. The third-order valence-corrected chi connectivity index (χ3v) is 9.81. The molecule has 0 aromatic heterocycles. The van der Waals surface area contributed by atoms with Crippen LogP contribution in [0.4, 0.5) is 30.7 Å². The number of carbonyl (C=O) groups is 1. The molecule has 0 aliphatic carbocycles. The number of alkyl halides is 6. The molecule has 0 bridgehead atoms. The summed E-state index contributed by atoms with van der Waals surface area (Å²) in [6, 6.07) is 4.06. The summed E-state index contributed by atoms with van der Waals surface area (Å²) >= 11 is 0. The fraction of sp³-hybridized carbons (Fsp3) is 0.519. The van der Waals surface area contributed by atoms with E-state index >= 15 is 0 Å². The van der Waals surface area contributed by atoms with Crippen LogP contribution in [0.5, 0.6) is 0 Å². The highest BCUT2D eigenvalue weighted by Gasteiger charge is 2.45. The monoisotopic (exact) mass is 594 g/mol. The Morgan fingerprint density at radius 1 is 1.00 bits per heavy atom. The fourth-order valence-electron chi connectivity index (χ4n) is 5.62. The maximum absolute atomic E-state index is 13.9. The number of carbonyl (C=O) groups excluding carboxylic acids is 1. The second kappa shape index (κ2) is 10.6. The van der Waals surface area contributed by atoms with Gasteiger partial charge in [-0.1, -0.05) is 6.07 Å². The smallest absolute Gasteiger partial charge is 0.339 e. The van der Waals surface area contributed by atoms with Gasteiger partial charge in [-0.25, -0.2) is 12.8 Å². The van der Waals surface area contributed by atoms with Crippen molar-refractivity contribution in [3.63, 3.8) is 0 Å². The fourth-order valence-corrected chi connectivity index (χ4v) is 7.12. The molecule has 2 saturated heterocycles. The summed E-state index contributed by atoms with van der Waals surface area (Å²) < 4.78 is 118. The molecule has 0 N–H and O–H groups in total. The minimum absolute atomic E-state index is 0.00520. The average Bonchev–Trinajstić information content (AvgIpc) is 2.84. The maximum Gasteiger partial charge on any atom is 0.416 e. The van der Waals surface area contributed by atoms with E-state index < -0.39 is 62.9 Å². The van der Waals surface area contributed by atoms with Crippen LogP contribution in [0, 0.1) is 18.7 Å². The van der Waals surface area contributed by atoms with E-state index in [9.17, 15) is 43.9 Å². The van der Waals surface area contributed by atoms with Gasteiger partial charge in [0.15, 0.2) is 9.84 Å². The number of hydrogen-bond acceptors (Lipinski definition) is 4. The molecular formula is C27H29F7N2O3S. The van der Waals surface area contributed by atoms with Crippen LogP contribution in [0.1, 0.15) is 53.1 Å². The van der Waals surface area contributed by atoms with Crippen molar-refractivity contribution in [2.24, 2.45) is 5.92 Å². The molecule has 2 aromatic carbocycles. The standard InChI is InChI=1S/C27H29F7N2O3S/c1-15-8-20(28)4-5-22(15)24-12-36(21-13-40(38,39)14-21)7-6-23(24)25(37)35(3)16(2)17-9-18(26(29,30)31)11-19(10-17)27(32,33)34/h4-5,8-11,16,21,23-24H,6-7,12-14H2,1-3H3/t16-,23+,24-/m1/s1. The molecule has 2 aromatic rings. The summed E-state index contributed by atoms with van der Waals surface area (Å²) in [5.41, 5.74) is -1.99. The Balaban J connectivity index is 1.65. The Kier molecular flexibility index (Phi) is 8.05. The van der Waals surface area contributed by atoms with Crippen molar-refractivity contribution >= 4 is 15.7 Å². The Bertz CT molecular complexity index is 1350. The normalized spacial score (nSPS) is 22.9. The molecule has 4 rings (SSSR count).